The molecule has 0 saturated carbocycles. The molecule has 11 heteroatoms. The molecule has 36 heavy (non-hydrogen) atoms. The lowest BCUT2D eigenvalue weighted by molar-refractivity contribution is -0.384. The Morgan fingerprint density at radius 1 is 1.11 bits per heavy atom. The smallest absolute Gasteiger partial charge is 0.271 e. The zero-order chi connectivity index (χ0) is 27.4. The van der Waals surface area contributed by atoms with E-state index in [4.69, 9.17) is 0 Å². The topological polar surface area (TPSA) is 130 Å². The van der Waals surface area contributed by atoms with E-state index >= 15 is 0 Å². The highest BCUT2D eigenvalue weighted by Crippen LogP contribution is 2.28. The third kappa shape index (κ3) is 7.77. The van der Waals surface area contributed by atoms with Gasteiger partial charge < -0.3 is 10.2 Å². The normalized spacial score (nSPS) is 12.5. The molecule has 2 amide bonds. The van der Waals surface area contributed by atoms with Crippen molar-refractivity contribution in [3.63, 3.8) is 0 Å². The van der Waals surface area contributed by atoms with Crippen LogP contribution in [0.3, 0.4) is 0 Å². The molecule has 0 heterocycles. The van der Waals surface area contributed by atoms with Crippen molar-refractivity contribution >= 4 is 33.2 Å². The molecular formula is C25H34N4O6S. The Hall–Kier alpha value is -3.47. The van der Waals surface area contributed by atoms with E-state index in [2.05, 4.69) is 5.32 Å². The standard InChI is InChI=1S/C25H34N4O6S/c1-17-9-8-10-20(13-17)15-27(19(3)24(31)26-25(4,5)6)23(30)16-28(36(7,34)35)22-14-21(29(32)33)12-11-18(22)2/h8-14,19H,15-16H2,1-7H3,(H,26,31)/t19-/m1/s1. The predicted molar refractivity (Wildman–Crippen MR) is 139 cm³/mol. The molecule has 1 N–H and O–H groups in total. The summed E-state index contributed by atoms with van der Waals surface area (Å²) < 4.78 is 26.3. The molecule has 2 aromatic carbocycles. The van der Waals surface area contributed by atoms with Gasteiger partial charge in [0.15, 0.2) is 0 Å². The molecule has 0 spiro atoms. The minimum absolute atomic E-state index is 0.0300. The fraction of sp³-hybridized carbons (Fsp3) is 0.440. The number of amides is 2. The monoisotopic (exact) mass is 518 g/mol. The van der Waals surface area contributed by atoms with E-state index in [0.717, 1.165) is 27.8 Å². The molecule has 0 bridgehead atoms. The number of sulfonamides is 1. The van der Waals surface area contributed by atoms with Gasteiger partial charge in [-0.25, -0.2) is 8.42 Å². The van der Waals surface area contributed by atoms with Crippen LogP contribution in [0.15, 0.2) is 42.5 Å². The molecule has 0 aliphatic carbocycles. The third-order valence-electron chi connectivity index (χ3n) is 5.45. The molecule has 0 fully saturated rings. The Bertz CT molecular complexity index is 1250. The molecule has 10 nitrogen and oxygen atoms in total. The first kappa shape index (κ1) is 28.8. The van der Waals surface area contributed by atoms with Crippen molar-refractivity contribution in [3.05, 3.63) is 69.3 Å². The van der Waals surface area contributed by atoms with E-state index in [9.17, 15) is 28.1 Å². The van der Waals surface area contributed by atoms with Crippen LogP contribution in [-0.2, 0) is 26.2 Å². The summed E-state index contributed by atoms with van der Waals surface area (Å²) in [6.07, 6.45) is 0.930. The van der Waals surface area contributed by atoms with E-state index in [-0.39, 0.29) is 23.8 Å². The van der Waals surface area contributed by atoms with Gasteiger partial charge in [0.25, 0.3) is 5.69 Å². The van der Waals surface area contributed by atoms with Crippen LogP contribution < -0.4 is 9.62 Å². The van der Waals surface area contributed by atoms with Gasteiger partial charge in [-0.3, -0.25) is 24.0 Å². The summed E-state index contributed by atoms with van der Waals surface area (Å²) in [4.78, 5) is 38.6. The van der Waals surface area contributed by atoms with Crippen LogP contribution in [-0.4, -0.2) is 54.4 Å². The number of carbonyl (C=O) groups excluding carboxylic acids is 2. The Morgan fingerprint density at radius 3 is 2.28 bits per heavy atom. The Morgan fingerprint density at radius 2 is 1.75 bits per heavy atom. The maximum atomic E-state index is 13.6. The SMILES string of the molecule is Cc1cccc(CN(C(=O)CN(c2cc([N+](=O)[O-])ccc2C)S(C)(=O)=O)[C@H](C)C(=O)NC(C)(C)C)c1. The van der Waals surface area contributed by atoms with Crippen molar-refractivity contribution < 1.29 is 22.9 Å². The van der Waals surface area contributed by atoms with E-state index < -0.39 is 39.0 Å². The molecule has 0 unspecified atom stereocenters. The van der Waals surface area contributed by atoms with Crippen molar-refractivity contribution in [2.45, 2.75) is 59.7 Å². The number of nitro groups is 1. The largest absolute Gasteiger partial charge is 0.350 e. The van der Waals surface area contributed by atoms with Crippen molar-refractivity contribution in [3.8, 4) is 0 Å². The van der Waals surface area contributed by atoms with Crippen molar-refractivity contribution in [2.75, 3.05) is 17.1 Å². The zero-order valence-corrected chi connectivity index (χ0v) is 22.5. The summed E-state index contributed by atoms with van der Waals surface area (Å²) in [6, 6.07) is 10.4. The number of hydrogen-bond donors (Lipinski definition) is 1. The van der Waals surface area contributed by atoms with Gasteiger partial charge in [0, 0.05) is 24.2 Å². The van der Waals surface area contributed by atoms with Gasteiger partial charge >= 0.3 is 0 Å². The second-order valence-electron chi connectivity index (χ2n) is 9.92. The summed E-state index contributed by atoms with van der Waals surface area (Å²) >= 11 is 0. The molecule has 0 saturated heterocycles. The molecule has 196 valence electrons. The van der Waals surface area contributed by atoms with Gasteiger partial charge in [-0.2, -0.15) is 0 Å². The first-order chi connectivity index (χ1) is 16.5. The summed E-state index contributed by atoms with van der Waals surface area (Å²) in [5.41, 5.74) is 1.38. The number of nitrogens with zero attached hydrogens (tertiary/aromatic N) is 3. The van der Waals surface area contributed by atoms with Crippen LogP contribution in [0.25, 0.3) is 0 Å². The van der Waals surface area contributed by atoms with Crippen molar-refractivity contribution in [2.24, 2.45) is 0 Å². The van der Waals surface area contributed by atoms with Gasteiger partial charge in [-0.1, -0.05) is 35.9 Å². The highest BCUT2D eigenvalue weighted by Gasteiger charge is 2.32. The Kier molecular flexibility index (Phi) is 8.84. The minimum atomic E-state index is -4.00. The van der Waals surface area contributed by atoms with Crippen molar-refractivity contribution in [1.82, 2.24) is 10.2 Å². The maximum Gasteiger partial charge on any atom is 0.271 e. The predicted octanol–water partition coefficient (Wildman–Crippen LogP) is 3.31. The molecular weight excluding hydrogens is 484 g/mol. The first-order valence-corrected chi connectivity index (χ1v) is 13.2. The summed E-state index contributed by atoms with van der Waals surface area (Å²) in [7, 11) is -4.00. The maximum absolute atomic E-state index is 13.6. The number of anilines is 1. The van der Waals surface area contributed by atoms with Crippen LogP contribution in [0.2, 0.25) is 0 Å². The highest BCUT2D eigenvalue weighted by atomic mass is 32.2. The third-order valence-corrected chi connectivity index (χ3v) is 6.58. The van der Waals surface area contributed by atoms with E-state index in [1.807, 2.05) is 52.0 Å². The van der Waals surface area contributed by atoms with Gasteiger partial charge in [0.05, 0.1) is 16.9 Å². The number of non-ortho nitro benzene ring substituents is 1. The molecule has 0 aliphatic heterocycles. The molecule has 2 rings (SSSR count). The molecule has 2 aromatic rings. The second kappa shape index (κ2) is 11.1. The number of rotatable bonds is 9. The van der Waals surface area contributed by atoms with Crippen molar-refractivity contribution in [1.29, 1.82) is 0 Å². The molecule has 0 aliphatic rings. The number of carbonyl (C=O) groups is 2. The average molecular weight is 519 g/mol. The van der Waals surface area contributed by atoms with Crippen LogP contribution in [0.1, 0.15) is 44.4 Å². The molecule has 1 atom stereocenters. The van der Waals surface area contributed by atoms with Gasteiger partial charge in [0.1, 0.15) is 12.6 Å². The Balaban J connectivity index is 2.50. The van der Waals surface area contributed by atoms with Crippen LogP contribution in [0.4, 0.5) is 11.4 Å². The number of nitrogens with one attached hydrogen (secondary N) is 1. The lowest BCUT2D eigenvalue weighted by atomic mass is 10.1. The van der Waals surface area contributed by atoms with Gasteiger partial charge in [-0.05, 0) is 52.7 Å². The number of aryl methyl sites for hydroxylation is 2. The fourth-order valence-electron chi connectivity index (χ4n) is 3.64. The minimum Gasteiger partial charge on any atom is -0.350 e. The quantitative estimate of drug-likeness (QED) is 0.400. The molecule has 0 aromatic heterocycles. The second-order valence-corrected chi connectivity index (χ2v) is 11.8. The lowest BCUT2D eigenvalue weighted by Crippen LogP contribution is -2.54. The molecule has 0 radical (unpaired) electrons. The lowest BCUT2D eigenvalue weighted by Gasteiger charge is -2.33. The van der Waals surface area contributed by atoms with Gasteiger partial charge in [-0.15, -0.1) is 0 Å². The summed E-state index contributed by atoms with van der Waals surface area (Å²) in [5.74, 6) is -1.01. The van der Waals surface area contributed by atoms with Gasteiger partial charge in [0.2, 0.25) is 21.8 Å². The van der Waals surface area contributed by atoms with Crippen LogP contribution >= 0.6 is 0 Å². The Labute approximate surface area is 212 Å². The van der Waals surface area contributed by atoms with E-state index in [1.165, 1.54) is 17.0 Å². The summed E-state index contributed by atoms with van der Waals surface area (Å²) in [6.45, 7) is 10.00. The summed E-state index contributed by atoms with van der Waals surface area (Å²) in [5, 5.41) is 14.2. The van der Waals surface area contributed by atoms with E-state index in [1.54, 1.807) is 13.8 Å². The van der Waals surface area contributed by atoms with Crippen LogP contribution in [0.5, 0.6) is 0 Å². The average Bonchev–Trinajstić information content (AvgIpc) is 2.73. The number of nitro benzene ring substituents is 1. The number of hydrogen-bond acceptors (Lipinski definition) is 6. The fourth-order valence-corrected chi connectivity index (χ4v) is 4.54. The van der Waals surface area contributed by atoms with Crippen LogP contribution in [0, 0.1) is 24.0 Å². The van der Waals surface area contributed by atoms with E-state index in [0.29, 0.717) is 5.56 Å². The highest BCUT2D eigenvalue weighted by molar-refractivity contribution is 7.92. The first-order valence-electron chi connectivity index (χ1n) is 11.4. The number of benzene rings is 2. The zero-order valence-electron chi connectivity index (χ0n) is 21.7.